The molecule has 0 saturated heterocycles. The van der Waals surface area contributed by atoms with Crippen LogP contribution in [0.2, 0.25) is 0 Å². The van der Waals surface area contributed by atoms with E-state index < -0.39 is 0 Å². The number of hydrogen-bond donors (Lipinski definition) is 1. The van der Waals surface area contributed by atoms with Gasteiger partial charge in [0.15, 0.2) is 0 Å². The quantitative estimate of drug-likeness (QED) is 0.855. The van der Waals surface area contributed by atoms with Gasteiger partial charge in [0.1, 0.15) is 0 Å². The second-order valence-electron chi connectivity index (χ2n) is 5.03. The molecule has 0 amide bonds. The van der Waals surface area contributed by atoms with E-state index in [0.29, 0.717) is 6.04 Å². The summed E-state index contributed by atoms with van der Waals surface area (Å²) >= 11 is 0. The van der Waals surface area contributed by atoms with Crippen molar-refractivity contribution in [3.8, 4) is 0 Å². The fourth-order valence-electron chi connectivity index (χ4n) is 2.19. The average Bonchev–Trinajstić information content (AvgIpc) is 2.66. The first-order valence-corrected chi connectivity index (χ1v) is 6.41. The normalized spacial score (nSPS) is 14.9. The van der Waals surface area contributed by atoms with Crippen LogP contribution in [0, 0.1) is 0 Å². The highest BCUT2D eigenvalue weighted by Crippen LogP contribution is 2.27. The number of anilines is 1. The van der Waals surface area contributed by atoms with Gasteiger partial charge in [-0.05, 0) is 29.7 Å². The largest absolute Gasteiger partial charge is 0.374 e. The molecular formula is C15H22N2. The third-order valence-electron chi connectivity index (χ3n) is 3.19. The molecule has 1 aromatic rings. The Balaban J connectivity index is 1.99. The van der Waals surface area contributed by atoms with Gasteiger partial charge in [0, 0.05) is 31.9 Å². The van der Waals surface area contributed by atoms with Crippen LogP contribution in [0.25, 0.3) is 6.08 Å². The molecule has 1 aliphatic rings. The van der Waals surface area contributed by atoms with Crippen molar-refractivity contribution in [1.82, 2.24) is 5.32 Å². The number of hydrogen-bond acceptors (Lipinski definition) is 2. The fourth-order valence-corrected chi connectivity index (χ4v) is 2.19. The van der Waals surface area contributed by atoms with Gasteiger partial charge in [0.2, 0.25) is 0 Å². The number of rotatable bonds is 4. The number of likely N-dealkylation sites (N-methyl/N-ethyl adjacent to an activating group) is 1. The van der Waals surface area contributed by atoms with Crippen LogP contribution in [0.3, 0.4) is 0 Å². The lowest BCUT2D eigenvalue weighted by atomic mass is 10.1. The van der Waals surface area contributed by atoms with Gasteiger partial charge in [-0.3, -0.25) is 0 Å². The first-order chi connectivity index (χ1) is 8.16. The first kappa shape index (κ1) is 12.2. The van der Waals surface area contributed by atoms with Crippen molar-refractivity contribution < 1.29 is 0 Å². The Kier molecular flexibility index (Phi) is 3.85. The average molecular weight is 230 g/mol. The fraction of sp³-hybridized carbons (Fsp3) is 0.467. The van der Waals surface area contributed by atoms with Gasteiger partial charge >= 0.3 is 0 Å². The zero-order chi connectivity index (χ0) is 12.3. The van der Waals surface area contributed by atoms with E-state index in [1.807, 2.05) is 0 Å². The van der Waals surface area contributed by atoms with Crippen molar-refractivity contribution in [2.45, 2.75) is 26.3 Å². The molecule has 1 aromatic carbocycles. The van der Waals surface area contributed by atoms with Crippen LogP contribution in [0.5, 0.6) is 0 Å². The van der Waals surface area contributed by atoms with Crippen molar-refractivity contribution in [3.05, 3.63) is 35.4 Å². The van der Waals surface area contributed by atoms with E-state index in [1.54, 1.807) is 0 Å². The Bertz CT molecular complexity index is 407. The molecule has 0 aromatic heterocycles. The van der Waals surface area contributed by atoms with E-state index in [1.165, 1.54) is 23.2 Å². The zero-order valence-electron chi connectivity index (χ0n) is 11.0. The van der Waals surface area contributed by atoms with Crippen LogP contribution in [-0.4, -0.2) is 26.2 Å². The molecule has 0 spiro atoms. The molecule has 2 rings (SSSR count). The highest BCUT2D eigenvalue weighted by atomic mass is 15.1. The molecule has 0 atom stereocenters. The molecule has 0 aliphatic carbocycles. The van der Waals surface area contributed by atoms with Gasteiger partial charge in [-0.15, -0.1) is 0 Å². The number of fused-ring (bicyclic) bond motifs is 1. The molecule has 1 aliphatic heterocycles. The third-order valence-corrected chi connectivity index (χ3v) is 3.19. The lowest BCUT2D eigenvalue weighted by molar-refractivity contribution is 0.633. The summed E-state index contributed by atoms with van der Waals surface area (Å²) in [5.41, 5.74) is 4.18. The minimum atomic E-state index is 0.549. The van der Waals surface area contributed by atoms with Crippen molar-refractivity contribution >= 4 is 11.8 Å². The minimum absolute atomic E-state index is 0.549. The van der Waals surface area contributed by atoms with Gasteiger partial charge in [0.05, 0.1) is 0 Å². The van der Waals surface area contributed by atoms with Gasteiger partial charge in [-0.2, -0.15) is 0 Å². The summed E-state index contributed by atoms with van der Waals surface area (Å²) in [7, 11) is 2.16. The van der Waals surface area contributed by atoms with Crippen LogP contribution in [0.1, 0.15) is 25.0 Å². The predicted octanol–water partition coefficient (Wildman–Crippen LogP) is 2.69. The predicted molar refractivity (Wildman–Crippen MR) is 75.6 cm³/mol. The molecule has 0 bridgehead atoms. The maximum atomic E-state index is 3.38. The van der Waals surface area contributed by atoms with Crippen LogP contribution >= 0.6 is 0 Å². The molecule has 2 heteroatoms. The summed E-state index contributed by atoms with van der Waals surface area (Å²) in [6, 6.07) is 7.29. The number of benzene rings is 1. The molecule has 0 saturated carbocycles. The highest BCUT2D eigenvalue weighted by Gasteiger charge is 2.14. The molecule has 2 nitrogen and oxygen atoms in total. The third kappa shape index (κ3) is 3.10. The Morgan fingerprint density at radius 2 is 2.24 bits per heavy atom. The molecule has 0 radical (unpaired) electrons. The van der Waals surface area contributed by atoms with E-state index in [-0.39, 0.29) is 0 Å². The molecule has 0 unspecified atom stereocenters. The van der Waals surface area contributed by atoms with Crippen molar-refractivity contribution in [2.24, 2.45) is 0 Å². The van der Waals surface area contributed by atoms with E-state index >= 15 is 0 Å². The van der Waals surface area contributed by atoms with Crippen LogP contribution in [0.4, 0.5) is 5.69 Å². The van der Waals surface area contributed by atoms with Gasteiger partial charge < -0.3 is 10.2 Å². The molecular weight excluding hydrogens is 208 g/mol. The second kappa shape index (κ2) is 5.37. The Morgan fingerprint density at radius 1 is 1.41 bits per heavy atom. The molecule has 92 valence electrons. The van der Waals surface area contributed by atoms with Crippen molar-refractivity contribution in [3.63, 3.8) is 0 Å². The minimum Gasteiger partial charge on any atom is -0.374 e. The Labute approximate surface area is 104 Å². The lowest BCUT2D eigenvalue weighted by Crippen LogP contribution is -2.22. The molecule has 1 heterocycles. The van der Waals surface area contributed by atoms with Crippen LogP contribution < -0.4 is 10.2 Å². The standard InChI is InChI=1S/C15H22N2/c1-12(2)16-9-4-5-13-6-7-15-14(11-13)8-10-17(15)3/h4-7,11-12,16H,8-10H2,1-3H3. The zero-order valence-corrected chi connectivity index (χ0v) is 11.0. The summed E-state index contributed by atoms with van der Waals surface area (Å²) in [5.74, 6) is 0. The summed E-state index contributed by atoms with van der Waals surface area (Å²) < 4.78 is 0. The Morgan fingerprint density at radius 3 is 3.00 bits per heavy atom. The lowest BCUT2D eigenvalue weighted by Gasteiger charge is -2.11. The highest BCUT2D eigenvalue weighted by molar-refractivity contribution is 5.63. The summed E-state index contributed by atoms with van der Waals surface area (Å²) in [5, 5.41) is 3.38. The smallest absolute Gasteiger partial charge is 0.0397 e. The molecule has 1 N–H and O–H groups in total. The summed E-state index contributed by atoms with van der Waals surface area (Å²) in [4.78, 5) is 2.32. The van der Waals surface area contributed by atoms with E-state index in [0.717, 1.165) is 13.1 Å². The summed E-state index contributed by atoms with van der Waals surface area (Å²) in [6.45, 7) is 6.42. The van der Waals surface area contributed by atoms with Gasteiger partial charge in [-0.1, -0.05) is 32.1 Å². The second-order valence-corrected chi connectivity index (χ2v) is 5.03. The topological polar surface area (TPSA) is 15.3 Å². The number of nitrogens with zero attached hydrogens (tertiary/aromatic N) is 1. The van der Waals surface area contributed by atoms with Crippen molar-refractivity contribution in [2.75, 3.05) is 25.0 Å². The van der Waals surface area contributed by atoms with Crippen molar-refractivity contribution in [1.29, 1.82) is 0 Å². The van der Waals surface area contributed by atoms with E-state index in [4.69, 9.17) is 0 Å². The maximum absolute atomic E-state index is 3.38. The molecule has 0 fully saturated rings. The van der Waals surface area contributed by atoms with Crippen LogP contribution in [-0.2, 0) is 6.42 Å². The number of nitrogens with one attached hydrogen (secondary N) is 1. The van der Waals surface area contributed by atoms with E-state index in [2.05, 4.69) is 61.5 Å². The van der Waals surface area contributed by atoms with E-state index in [9.17, 15) is 0 Å². The van der Waals surface area contributed by atoms with Crippen LogP contribution in [0.15, 0.2) is 24.3 Å². The maximum Gasteiger partial charge on any atom is 0.0397 e. The summed E-state index contributed by atoms with van der Waals surface area (Å²) in [6.07, 6.45) is 5.58. The monoisotopic (exact) mass is 230 g/mol. The molecule has 17 heavy (non-hydrogen) atoms. The Hall–Kier alpha value is -1.28. The van der Waals surface area contributed by atoms with Gasteiger partial charge in [-0.25, -0.2) is 0 Å². The SMILES string of the molecule is CC(C)NCC=Cc1ccc2c(c1)CCN2C. The van der Waals surface area contributed by atoms with Gasteiger partial charge in [0.25, 0.3) is 0 Å². The first-order valence-electron chi connectivity index (χ1n) is 6.41.